The van der Waals surface area contributed by atoms with Crippen molar-refractivity contribution in [3.05, 3.63) is 24.3 Å². The quantitative estimate of drug-likeness (QED) is 0.888. The van der Waals surface area contributed by atoms with Crippen LogP contribution in [0, 0.1) is 0 Å². The first-order valence-corrected chi connectivity index (χ1v) is 7.73. The number of nitrogens with zero attached hydrogens (tertiary/aromatic N) is 1. The van der Waals surface area contributed by atoms with Crippen LogP contribution in [0.5, 0.6) is 0 Å². The van der Waals surface area contributed by atoms with Gasteiger partial charge in [0.05, 0.1) is 17.4 Å². The van der Waals surface area contributed by atoms with Crippen LogP contribution in [0.3, 0.4) is 0 Å². The molecule has 2 N–H and O–H groups in total. The maximum absolute atomic E-state index is 12.3. The van der Waals surface area contributed by atoms with Crippen LogP contribution in [0.2, 0.25) is 0 Å². The Balaban J connectivity index is 1.71. The molecule has 1 aromatic rings. The summed E-state index contributed by atoms with van der Waals surface area (Å²) in [5.41, 5.74) is 2.11. The van der Waals surface area contributed by atoms with E-state index < -0.39 is 0 Å². The number of hydrogen-bond donors (Lipinski definition) is 2. The van der Waals surface area contributed by atoms with E-state index >= 15 is 0 Å². The van der Waals surface area contributed by atoms with Gasteiger partial charge in [0, 0.05) is 13.1 Å². The van der Waals surface area contributed by atoms with Gasteiger partial charge in [0.15, 0.2) is 0 Å². The first kappa shape index (κ1) is 13.4. The van der Waals surface area contributed by atoms with Crippen molar-refractivity contribution in [1.29, 1.82) is 0 Å². The van der Waals surface area contributed by atoms with Crippen molar-refractivity contribution in [2.75, 3.05) is 29.9 Å². The molecule has 0 aliphatic carbocycles. The van der Waals surface area contributed by atoms with E-state index in [0.29, 0.717) is 0 Å². The van der Waals surface area contributed by atoms with Crippen molar-refractivity contribution in [2.24, 2.45) is 0 Å². The third-order valence-corrected chi connectivity index (χ3v) is 4.24. The Morgan fingerprint density at radius 1 is 1.15 bits per heavy atom. The van der Waals surface area contributed by atoms with E-state index in [4.69, 9.17) is 0 Å². The Bertz CT molecular complexity index is 463. The van der Waals surface area contributed by atoms with Crippen molar-refractivity contribution in [2.45, 2.75) is 38.1 Å². The lowest BCUT2D eigenvalue weighted by molar-refractivity contribution is -0.118. The second-order valence-corrected chi connectivity index (χ2v) is 5.70. The Hall–Kier alpha value is -1.55. The summed E-state index contributed by atoms with van der Waals surface area (Å²) in [6.07, 6.45) is 5.74. The van der Waals surface area contributed by atoms with Gasteiger partial charge in [0.1, 0.15) is 0 Å². The van der Waals surface area contributed by atoms with Crippen LogP contribution in [-0.2, 0) is 4.79 Å². The van der Waals surface area contributed by atoms with E-state index in [0.717, 1.165) is 43.9 Å². The normalized spacial score (nSPS) is 22.8. The van der Waals surface area contributed by atoms with Crippen molar-refractivity contribution in [1.82, 2.24) is 5.32 Å². The molecule has 2 heterocycles. The minimum atomic E-state index is -0.0321. The van der Waals surface area contributed by atoms with Crippen molar-refractivity contribution < 1.29 is 4.79 Å². The summed E-state index contributed by atoms with van der Waals surface area (Å²) in [6.45, 7) is 3.13. The molecular weight excluding hydrogens is 250 g/mol. The van der Waals surface area contributed by atoms with Crippen LogP contribution in [0.25, 0.3) is 0 Å². The molecule has 1 amide bonds. The number of carbonyl (C=O) groups is 1. The Morgan fingerprint density at radius 3 is 2.70 bits per heavy atom. The van der Waals surface area contributed by atoms with Gasteiger partial charge >= 0.3 is 0 Å². The summed E-state index contributed by atoms with van der Waals surface area (Å²) in [5, 5.41) is 6.42. The van der Waals surface area contributed by atoms with Crippen molar-refractivity contribution >= 4 is 17.3 Å². The molecule has 4 nitrogen and oxygen atoms in total. The SMILES string of the molecule is O=C(Nc1ccccc1N1CCCC1)[C@H]1CCCCN1. The minimum Gasteiger partial charge on any atom is -0.370 e. The molecule has 3 rings (SSSR count). The molecule has 20 heavy (non-hydrogen) atoms. The zero-order valence-electron chi connectivity index (χ0n) is 11.9. The molecule has 2 aliphatic heterocycles. The number of rotatable bonds is 3. The molecule has 2 saturated heterocycles. The van der Waals surface area contributed by atoms with Gasteiger partial charge in [0.2, 0.25) is 5.91 Å². The standard InChI is InChI=1S/C16H23N3O/c20-16(14-8-3-4-10-17-14)18-13-7-1-2-9-15(13)19-11-5-6-12-19/h1-2,7,9,14,17H,3-6,8,10-12H2,(H,18,20)/t14-/m1/s1. The summed E-state index contributed by atoms with van der Waals surface area (Å²) in [5.74, 6) is 0.108. The average Bonchev–Trinajstić information content (AvgIpc) is 3.03. The molecule has 108 valence electrons. The average molecular weight is 273 g/mol. The van der Waals surface area contributed by atoms with Gasteiger partial charge in [-0.1, -0.05) is 18.6 Å². The molecule has 4 heteroatoms. The van der Waals surface area contributed by atoms with Gasteiger partial charge in [-0.25, -0.2) is 0 Å². The van der Waals surface area contributed by atoms with E-state index in [1.165, 1.54) is 19.3 Å². The number of hydrogen-bond acceptors (Lipinski definition) is 3. The second kappa shape index (κ2) is 6.27. The topological polar surface area (TPSA) is 44.4 Å². The zero-order valence-corrected chi connectivity index (χ0v) is 11.9. The molecule has 2 aliphatic rings. The maximum atomic E-state index is 12.3. The second-order valence-electron chi connectivity index (χ2n) is 5.70. The highest BCUT2D eigenvalue weighted by Crippen LogP contribution is 2.28. The molecular formula is C16H23N3O. The van der Waals surface area contributed by atoms with Gasteiger partial charge in [-0.15, -0.1) is 0 Å². The Labute approximate surface area is 120 Å². The molecule has 0 unspecified atom stereocenters. The summed E-state index contributed by atoms with van der Waals surface area (Å²) >= 11 is 0. The van der Waals surface area contributed by atoms with Gasteiger partial charge in [-0.2, -0.15) is 0 Å². The highest BCUT2D eigenvalue weighted by atomic mass is 16.2. The number of piperidine rings is 1. The van der Waals surface area contributed by atoms with Crippen LogP contribution < -0.4 is 15.5 Å². The Kier molecular flexibility index (Phi) is 4.21. The van der Waals surface area contributed by atoms with Crippen LogP contribution in [0.15, 0.2) is 24.3 Å². The number of benzene rings is 1. The summed E-state index contributed by atoms with van der Waals surface area (Å²) in [4.78, 5) is 14.7. The number of nitrogens with one attached hydrogen (secondary N) is 2. The largest absolute Gasteiger partial charge is 0.370 e. The molecule has 0 bridgehead atoms. The molecule has 0 radical (unpaired) electrons. The third-order valence-electron chi connectivity index (χ3n) is 4.24. The van der Waals surface area contributed by atoms with Crippen LogP contribution in [0.1, 0.15) is 32.1 Å². The van der Waals surface area contributed by atoms with E-state index in [2.05, 4.69) is 21.6 Å². The summed E-state index contributed by atoms with van der Waals surface area (Å²) in [7, 11) is 0. The summed E-state index contributed by atoms with van der Waals surface area (Å²) < 4.78 is 0. The van der Waals surface area contributed by atoms with E-state index in [1.54, 1.807) is 0 Å². The number of anilines is 2. The zero-order chi connectivity index (χ0) is 13.8. The predicted octanol–water partition coefficient (Wildman–Crippen LogP) is 2.37. The fourth-order valence-corrected chi connectivity index (χ4v) is 3.11. The predicted molar refractivity (Wildman–Crippen MR) is 82.2 cm³/mol. The van der Waals surface area contributed by atoms with Gasteiger partial charge in [0.25, 0.3) is 0 Å². The van der Waals surface area contributed by atoms with Gasteiger partial charge in [-0.3, -0.25) is 4.79 Å². The molecule has 0 aromatic heterocycles. The fraction of sp³-hybridized carbons (Fsp3) is 0.562. The lowest BCUT2D eigenvalue weighted by Crippen LogP contribution is -2.43. The number of amides is 1. The highest BCUT2D eigenvalue weighted by molar-refractivity contribution is 5.97. The van der Waals surface area contributed by atoms with Crippen LogP contribution in [0.4, 0.5) is 11.4 Å². The van der Waals surface area contributed by atoms with Gasteiger partial charge in [-0.05, 0) is 44.4 Å². The van der Waals surface area contributed by atoms with Crippen molar-refractivity contribution in [3.8, 4) is 0 Å². The molecule has 0 spiro atoms. The molecule has 0 saturated carbocycles. The molecule has 2 fully saturated rings. The smallest absolute Gasteiger partial charge is 0.241 e. The van der Waals surface area contributed by atoms with Crippen molar-refractivity contribution in [3.63, 3.8) is 0 Å². The monoisotopic (exact) mass is 273 g/mol. The molecule has 1 aromatic carbocycles. The lowest BCUT2D eigenvalue weighted by atomic mass is 10.0. The van der Waals surface area contributed by atoms with E-state index in [-0.39, 0.29) is 11.9 Å². The minimum absolute atomic E-state index is 0.0321. The highest BCUT2D eigenvalue weighted by Gasteiger charge is 2.22. The lowest BCUT2D eigenvalue weighted by Gasteiger charge is -2.25. The van der Waals surface area contributed by atoms with E-state index in [9.17, 15) is 4.79 Å². The Morgan fingerprint density at radius 2 is 1.95 bits per heavy atom. The fourth-order valence-electron chi connectivity index (χ4n) is 3.11. The first-order chi connectivity index (χ1) is 9.84. The third kappa shape index (κ3) is 2.96. The first-order valence-electron chi connectivity index (χ1n) is 7.73. The van der Waals surface area contributed by atoms with Gasteiger partial charge < -0.3 is 15.5 Å². The maximum Gasteiger partial charge on any atom is 0.241 e. The summed E-state index contributed by atoms with van der Waals surface area (Å²) in [6, 6.07) is 8.12. The number of carbonyl (C=O) groups excluding carboxylic acids is 1. The van der Waals surface area contributed by atoms with Crippen LogP contribution >= 0.6 is 0 Å². The molecule has 1 atom stereocenters. The van der Waals surface area contributed by atoms with Crippen LogP contribution in [-0.4, -0.2) is 31.6 Å². The van der Waals surface area contributed by atoms with E-state index in [1.807, 2.05) is 18.2 Å². The number of para-hydroxylation sites is 2.